The molecule has 3 heteroatoms. The number of fused-ring (bicyclic) bond motifs is 1. The molecule has 0 aliphatic carbocycles. The number of hydrogen-bond acceptors (Lipinski definition) is 1. The molecule has 11 heavy (non-hydrogen) atoms. The van der Waals surface area contributed by atoms with Gasteiger partial charge < -0.3 is 4.98 Å². The lowest BCUT2D eigenvalue weighted by Gasteiger charge is -1.95. The third-order valence-corrected chi connectivity index (χ3v) is 2.37. The Labute approximate surface area is 72.8 Å². The van der Waals surface area contributed by atoms with Gasteiger partial charge in [0.25, 0.3) is 0 Å². The standard InChI is InChI=1S/C8H7BrN2/c1-5-4-11-8(9)6-2-3-10-7(5)6/h2-4,10H,1H3. The van der Waals surface area contributed by atoms with E-state index in [1.165, 1.54) is 5.56 Å². The van der Waals surface area contributed by atoms with E-state index in [-0.39, 0.29) is 0 Å². The zero-order chi connectivity index (χ0) is 7.84. The first-order chi connectivity index (χ1) is 5.29. The van der Waals surface area contributed by atoms with Crippen LogP contribution in [0.3, 0.4) is 0 Å². The number of aromatic amines is 1. The molecule has 0 fully saturated rings. The van der Waals surface area contributed by atoms with Crippen LogP contribution >= 0.6 is 15.9 Å². The minimum atomic E-state index is 0.902. The second kappa shape index (κ2) is 2.34. The van der Waals surface area contributed by atoms with E-state index in [4.69, 9.17) is 0 Å². The van der Waals surface area contributed by atoms with Gasteiger partial charge in [0.2, 0.25) is 0 Å². The van der Waals surface area contributed by atoms with Crippen LogP contribution in [0.25, 0.3) is 10.9 Å². The van der Waals surface area contributed by atoms with Crippen LogP contribution < -0.4 is 0 Å². The Balaban J connectivity index is 2.96. The fourth-order valence-corrected chi connectivity index (χ4v) is 1.59. The average molecular weight is 211 g/mol. The van der Waals surface area contributed by atoms with E-state index in [2.05, 4.69) is 25.9 Å². The molecule has 1 N–H and O–H groups in total. The predicted molar refractivity (Wildman–Crippen MR) is 48.5 cm³/mol. The molecule has 0 saturated carbocycles. The molecule has 0 spiro atoms. The van der Waals surface area contributed by atoms with Gasteiger partial charge in [0, 0.05) is 17.8 Å². The number of nitrogens with one attached hydrogen (secondary N) is 1. The maximum Gasteiger partial charge on any atom is 0.115 e. The largest absolute Gasteiger partial charge is 0.361 e. The Morgan fingerprint density at radius 1 is 1.55 bits per heavy atom. The number of nitrogens with zero attached hydrogens (tertiary/aromatic N) is 1. The van der Waals surface area contributed by atoms with E-state index in [1.54, 1.807) is 0 Å². The molecule has 0 bridgehead atoms. The van der Waals surface area contributed by atoms with Gasteiger partial charge in [-0.15, -0.1) is 0 Å². The highest BCUT2D eigenvalue weighted by Gasteiger charge is 2.01. The third kappa shape index (κ3) is 0.959. The van der Waals surface area contributed by atoms with Gasteiger partial charge in [0.15, 0.2) is 0 Å². The molecule has 0 atom stereocenters. The zero-order valence-electron chi connectivity index (χ0n) is 6.06. The Kier molecular flexibility index (Phi) is 1.46. The van der Waals surface area contributed by atoms with Crippen molar-refractivity contribution < 1.29 is 0 Å². The fourth-order valence-electron chi connectivity index (χ4n) is 1.16. The second-order valence-corrected chi connectivity index (χ2v) is 3.25. The molecule has 2 rings (SSSR count). The predicted octanol–water partition coefficient (Wildman–Crippen LogP) is 2.63. The number of rotatable bonds is 0. The van der Waals surface area contributed by atoms with Crippen molar-refractivity contribution in [1.29, 1.82) is 0 Å². The summed E-state index contributed by atoms with van der Waals surface area (Å²) in [5, 5.41) is 1.14. The van der Waals surface area contributed by atoms with Gasteiger partial charge in [-0.1, -0.05) is 0 Å². The van der Waals surface area contributed by atoms with Gasteiger partial charge in [-0.05, 0) is 34.5 Å². The molecule has 0 saturated heterocycles. The molecule has 0 unspecified atom stereocenters. The number of H-pyrrole nitrogens is 1. The zero-order valence-corrected chi connectivity index (χ0v) is 7.64. The van der Waals surface area contributed by atoms with Crippen LogP contribution in [0.1, 0.15) is 5.56 Å². The van der Waals surface area contributed by atoms with Crippen molar-refractivity contribution in [3.05, 3.63) is 28.6 Å². The molecular formula is C8H7BrN2. The molecule has 0 aromatic carbocycles. The van der Waals surface area contributed by atoms with Crippen LogP contribution in [-0.4, -0.2) is 9.97 Å². The maximum absolute atomic E-state index is 4.18. The van der Waals surface area contributed by atoms with Gasteiger partial charge in [-0.25, -0.2) is 4.98 Å². The summed E-state index contributed by atoms with van der Waals surface area (Å²) in [6.07, 6.45) is 3.77. The van der Waals surface area contributed by atoms with Gasteiger partial charge in [0.1, 0.15) is 4.60 Å². The minimum absolute atomic E-state index is 0.902. The number of aryl methyl sites for hydroxylation is 1. The van der Waals surface area contributed by atoms with Crippen LogP contribution in [0.5, 0.6) is 0 Å². The summed E-state index contributed by atoms with van der Waals surface area (Å²) >= 11 is 3.38. The van der Waals surface area contributed by atoms with Crippen molar-refractivity contribution in [3.63, 3.8) is 0 Å². The van der Waals surface area contributed by atoms with Crippen LogP contribution in [-0.2, 0) is 0 Å². The lowest BCUT2D eigenvalue weighted by molar-refractivity contribution is 1.26. The monoisotopic (exact) mass is 210 g/mol. The van der Waals surface area contributed by atoms with Gasteiger partial charge in [-0.3, -0.25) is 0 Å². The lowest BCUT2D eigenvalue weighted by atomic mass is 10.2. The first kappa shape index (κ1) is 6.85. The summed E-state index contributed by atoms with van der Waals surface area (Å²) in [6.45, 7) is 2.04. The highest BCUT2D eigenvalue weighted by Crippen LogP contribution is 2.22. The van der Waals surface area contributed by atoms with Crippen molar-refractivity contribution in [2.75, 3.05) is 0 Å². The molecule has 56 valence electrons. The van der Waals surface area contributed by atoms with Crippen LogP contribution in [0, 0.1) is 6.92 Å². The molecule has 0 amide bonds. The Morgan fingerprint density at radius 3 is 3.09 bits per heavy atom. The smallest absolute Gasteiger partial charge is 0.115 e. The second-order valence-electron chi connectivity index (χ2n) is 2.50. The maximum atomic E-state index is 4.18. The molecule has 0 radical (unpaired) electrons. The van der Waals surface area contributed by atoms with Crippen molar-refractivity contribution >= 4 is 26.8 Å². The van der Waals surface area contributed by atoms with Gasteiger partial charge >= 0.3 is 0 Å². The van der Waals surface area contributed by atoms with E-state index < -0.39 is 0 Å². The van der Waals surface area contributed by atoms with E-state index in [1.807, 2.05) is 25.4 Å². The van der Waals surface area contributed by atoms with Crippen LogP contribution in [0.15, 0.2) is 23.1 Å². The first-order valence-corrected chi connectivity index (χ1v) is 4.16. The summed E-state index contributed by atoms with van der Waals surface area (Å²) in [4.78, 5) is 7.33. The minimum Gasteiger partial charge on any atom is -0.361 e. The number of aromatic nitrogens is 2. The fraction of sp³-hybridized carbons (Fsp3) is 0.125. The summed E-state index contributed by atoms with van der Waals surface area (Å²) in [6, 6.07) is 2.01. The topological polar surface area (TPSA) is 28.7 Å². The van der Waals surface area contributed by atoms with Crippen molar-refractivity contribution in [3.8, 4) is 0 Å². The SMILES string of the molecule is Cc1cnc(Br)c2cc[nH]c12. The van der Waals surface area contributed by atoms with E-state index in [0.29, 0.717) is 0 Å². The molecule has 0 aliphatic heterocycles. The Hall–Kier alpha value is -0.830. The number of halogens is 1. The molecule has 0 aliphatic rings. The Morgan fingerprint density at radius 2 is 2.36 bits per heavy atom. The van der Waals surface area contributed by atoms with Gasteiger partial charge in [0.05, 0.1) is 5.52 Å². The van der Waals surface area contributed by atoms with Gasteiger partial charge in [-0.2, -0.15) is 0 Å². The van der Waals surface area contributed by atoms with E-state index >= 15 is 0 Å². The lowest BCUT2D eigenvalue weighted by Crippen LogP contribution is -1.80. The summed E-state index contributed by atoms with van der Waals surface area (Å²) in [5.41, 5.74) is 2.33. The van der Waals surface area contributed by atoms with E-state index in [9.17, 15) is 0 Å². The van der Waals surface area contributed by atoms with E-state index in [0.717, 1.165) is 15.5 Å². The Bertz CT molecular complexity index is 356. The molecule has 2 heterocycles. The first-order valence-electron chi connectivity index (χ1n) is 3.37. The number of pyridine rings is 1. The van der Waals surface area contributed by atoms with Crippen molar-refractivity contribution in [2.45, 2.75) is 6.92 Å². The summed E-state index contributed by atoms with van der Waals surface area (Å²) < 4.78 is 0.902. The summed E-state index contributed by atoms with van der Waals surface area (Å²) in [7, 11) is 0. The normalized spacial score (nSPS) is 10.7. The number of hydrogen-bond donors (Lipinski definition) is 1. The van der Waals surface area contributed by atoms with Crippen LogP contribution in [0.2, 0.25) is 0 Å². The highest BCUT2D eigenvalue weighted by atomic mass is 79.9. The van der Waals surface area contributed by atoms with Crippen molar-refractivity contribution in [2.24, 2.45) is 0 Å². The average Bonchev–Trinajstić information content (AvgIpc) is 2.45. The summed E-state index contributed by atoms with van der Waals surface area (Å²) in [5.74, 6) is 0. The molecule has 2 aromatic rings. The van der Waals surface area contributed by atoms with Crippen molar-refractivity contribution in [1.82, 2.24) is 9.97 Å². The van der Waals surface area contributed by atoms with Crippen LogP contribution in [0.4, 0.5) is 0 Å². The highest BCUT2D eigenvalue weighted by molar-refractivity contribution is 9.10. The molecule has 2 nitrogen and oxygen atoms in total. The molecule has 2 aromatic heterocycles. The third-order valence-electron chi connectivity index (χ3n) is 1.74. The molecular weight excluding hydrogens is 204 g/mol. The quantitative estimate of drug-likeness (QED) is 0.666.